The largest absolute Gasteiger partial charge is 0.448 e. The van der Waals surface area contributed by atoms with Crippen LogP contribution in [-0.4, -0.2) is 16.1 Å². The summed E-state index contributed by atoms with van der Waals surface area (Å²) in [7, 11) is 0. The van der Waals surface area contributed by atoms with Crippen LogP contribution in [0.15, 0.2) is 46.9 Å². The molecule has 0 aliphatic rings. The molecule has 2 aromatic heterocycles. The highest BCUT2D eigenvalue weighted by atomic mass is 127. The lowest BCUT2D eigenvalue weighted by atomic mass is 10.1. The number of benzene rings is 1. The lowest BCUT2D eigenvalue weighted by molar-refractivity contribution is -0.115. The fourth-order valence-corrected chi connectivity index (χ4v) is 2.89. The van der Waals surface area contributed by atoms with Crippen molar-refractivity contribution in [2.75, 3.05) is 5.32 Å². The number of nitrogens with zero attached hydrogens (tertiary/aromatic N) is 2. The first-order valence-corrected chi connectivity index (χ1v) is 8.03. The Labute approximate surface area is 138 Å². The average molecular weight is 411 g/mol. The number of nitrogens with one attached hydrogen (secondary N) is 1. The van der Waals surface area contributed by atoms with Gasteiger partial charge in [-0.25, -0.2) is 0 Å². The minimum absolute atomic E-state index is 0.113. The molecule has 0 aliphatic carbocycles. The SMILES string of the molecule is O=C(Cc1ccccc1)Nc1nnc(-c2ccc(I)o2)s1. The minimum Gasteiger partial charge on any atom is -0.448 e. The molecule has 106 valence electrons. The zero-order chi connectivity index (χ0) is 14.7. The summed E-state index contributed by atoms with van der Waals surface area (Å²) in [5.74, 6) is 0.540. The van der Waals surface area contributed by atoms with Crippen molar-refractivity contribution in [2.24, 2.45) is 0 Å². The Kier molecular flexibility index (Phi) is 4.30. The molecule has 0 aliphatic heterocycles. The van der Waals surface area contributed by atoms with Crippen LogP contribution in [0.2, 0.25) is 0 Å². The second-order valence-electron chi connectivity index (χ2n) is 4.23. The summed E-state index contributed by atoms with van der Waals surface area (Å²) in [4.78, 5) is 11.9. The van der Waals surface area contributed by atoms with Crippen LogP contribution in [0.1, 0.15) is 5.56 Å². The molecule has 21 heavy (non-hydrogen) atoms. The van der Waals surface area contributed by atoms with Gasteiger partial charge in [0.15, 0.2) is 14.5 Å². The van der Waals surface area contributed by atoms with Gasteiger partial charge in [0.1, 0.15) is 0 Å². The van der Waals surface area contributed by atoms with Crippen LogP contribution in [-0.2, 0) is 11.2 Å². The summed E-state index contributed by atoms with van der Waals surface area (Å²) in [6.45, 7) is 0. The van der Waals surface area contributed by atoms with Gasteiger partial charge in [0.25, 0.3) is 0 Å². The van der Waals surface area contributed by atoms with Crippen molar-refractivity contribution in [1.82, 2.24) is 10.2 Å². The molecule has 7 heteroatoms. The van der Waals surface area contributed by atoms with E-state index < -0.39 is 0 Å². The molecule has 1 N–H and O–H groups in total. The van der Waals surface area contributed by atoms with E-state index in [9.17, 15) is 4.79 Å². The molecule has 0 fully saturated rings. The third-order valence-electron chi connectivity index (χ3n) is 2.66. The van der Waals surface area contributed by atoms with Gasteiger partial charge in [-0.3, -0.25) is 4.79 Å². The molecule has 0 atom stereocenters. The third-order valence-corrected chi connectivity index (χ3v) is 4.10. The van der Waals surface area contributed by atoms with Gasteiger partial charge in [-0.15, -0.1) is 10.2 Å². The first kappa shape index (κ1) is 14.2. The zero-order valence-electron chi connectivity index (χ0n) is 10.7. The number of amides is 1. The van der Waals surface area contributed by atoms with Gasteiger partial charge in [-0.2, -0.15) is 0 Å². The smallest absolute Gasteiger partial charge is 0.230 e. The quantitative estimate of drug-likeness (QED) is 0.667. The summed E-state index contributed by atoms with van der Waals surface area (Å²) in [6, 6.07) is 13.2. The van der Waals surface area contributed by atoms with Gasteiger partial charge in [0.2, 0.25) is 11.0 Å². The van der Waals surface area contributed by atoms with Crippen LogP contribution in [0.25, 0.3) is 10.8 Å². The fraction of sp³-hybridized carbons (Fsp3) is 0.0714. The highest BCUT2D eigenvalue weighted by molar-refractivity contribution is 14.1. The van der Waals surface area contributed by atoms with Crippen LogP contribution >= 0.6 is 33.9 Å². The fourth-order valence-electron chi connectivity index (χ4n) is 1.75. The maximum atomic E-state index is 11.9. The third kappa shape index (κ3) is 3.67. The lowest BCUT2D eigenvalue weighted by Crippen LogP contribution is -2.14. The van der Waals surface area contributed by atoms with E-state index in [0.717, 1.165) is 9.33 Å². The molecule has 0 saturated carbocycles. The molecule has 5 nitrogen and oxygen atoms in total. The zero-order valence-corrected chi connectivity index (χ0v) is 13.7. The first-order valence-electron chi connectivity index (χ1n) is 6.14. The van der Waals surface area contributed by atoms with Crippen LogP contribution in [0.4, 0.5) is 5.13 Å². The van der Waals surface area contributed by atoms with E-state index >= 15 is 0 Å². The number of furan rings is 1. The van der Waals surface area contributed by atoms with E-state index in [2.05, 4.69) is 38.1 Å². The second kappa shape index (κ2) is 6.35. The van der Waals surface area contributed by atoms with E-state index in [1.165, 1.54) is 11.3 Å². The average Bonchev–Trinajstić information content (AvgIpc) is 3.09. The summed E-state index contributed by atoms with van der Waals surface area (Å²) in [6.07, 6.45) is 0.314. The van der Waals surface area contributed by atoms with E-state index in [0.29, 0.717) is 22.3 Å². The van der Waals surface area contributed by atoms with Crippen molar-refractivity contribution in [2.45, 2.75) is 6.42 Å². The van der Waals surface area contributed by atoms with Crippen molar-refractivity contribution in [3.05, 3.63) is 51.8 Å². The van der Waals surface area contributed by atoms with Crippen molar-refractivity contribution in [1.29, 1.82) is 0 Å². The molecular weight excluding hydrogens is 401 g/mol. The molecule has 0 spiro atoms. The van der Waals surface area contributed by atoms with Crippen LogP contribution < -0.4 is 5.32 Å². The minimum atomic E-state index is -0.113. The van der Waals surface area contributed by atoms with Gasteiger partial charge < -0.3 is 9.73 Å². The van der Waals surface area contributed by atoms with Crippen LogP contribution in [0, 0.1) is 3.77 Å². The molecule has 3 aromatic rings. The van der Waals surface area contributed by atoms with E-state index in [4.69, 9.17) is 4.42 Å². The maximum absolute atomic E-state index is 11.9. The number of carbonyl (C=O) groups excluding carboxylic acids is 1. The Balaban J connectivity index is 1.66. The van der Waals surface area contributed by atoms with Crippen LogP contribution in [0.5, 0.6) is 0 Å². The standard InChI is InChI=1S/C14H10IN3O2S/c15-11-7-6-10(20-11)13-17-18-14(21-13)16-12(19)8-9-4-2-1-3-5-9/h1-7H,8H2,(H,16,18,19). The van der Waals surface area contributed by atoms with Gasteiger partial charge in [0.05, 0.1) is 6.42 Å². The Morgan fingerprint density at radius 2 is 2.00 bits per heavy atom. The predicted molar refractivity (Wildman–Crippen MR) is 89.1 cm³/mol. The summed E-state index contributed by atoms with van der Waals surface area (Å²) in [5.41, 5.74) is 0.959. The van der Waals surface area contributed by atoms with Gasteiger partial charge in [0, 0.05) is 0 Å². The van der Waals surface area contributed by atoms with Crippen molar-refractivity contribution in [3.63, 3.8) is 0 Å². The Hall–Kier alpha value is -1.74. The highest BCUT2D eigenvalue weighted by Crippen LogP contribution is 2.28. The number of rotatable bonds is 4. The lowest BCUT2D eigenvalue weighted by Gasteiger charge is -2.00. The summed E-state index contributed by atoms with van der Waals surface area (Å²) >= 11 is 3.37. The van der Waals surface area contributed by atoms with Crippen molar-refractivity contribution < 1.29 is 9.21 Å². The molecule has 1 amide bonds. The number of hydrogen-bond donors (Lipinski definition) is 1. The topological polar surface area (TPSA) is 68.0 Å². The molecule has 2 heterocycles. The van der Waals surface area contributed by atoms with Gasteiger partial charge >= 0.3 is 0 Å². The second-order valence-corrected chi connectivity index (χ2v) is 6.27. The molecule has 3 rings (SSSR count). The monoisotopic (exact) mass is 411 g/mol. The van der Waals surface area contributed by atoms with Gasteiger partial charge in [-0.05, 0) is 40.3 Å². The number of hydrogen-bond acceptors (Lipinski definition) is 5. The van der Waals surface area contributed by atoms with E-state index in [-0.39, 0.29) is 5.91 Å². The number of carbonyl (C=O) groups is 1. The molecule has 0 saturated heterocycles. The number of aromatic nitrogens is 2. The Bertz CT molecular complexity index is 754. The van der Waals surface area contributed by atoms with Crippen molar-refractivity contribution >= 4 is 45.0 Å². The molecular formula is C14H10IN3O2S. The molecule has 0 radical (unpaired) electrons. The van der Waals surface area contributed by atoms with E-state index in [1.54, 1.807) is 0 Å². The van der Waals surface area contributed by atoms with Gasteiger partial charge in [-0.1, -0.05) is 41.7 Å². The highest BCUT2D eigenvalue weighted by Gasteiger charge is 2.12. The summed E-state index contributed by atoms with van der Waals surface area (Å²) < 4.78 is 6.25. The van der Waals surface area contributed by atoms with E-state index in [1.807, 2.05) is 42.5 Å². The Morgan fingerprint density at radius 3 is 2.71 bits per heavy atom. The maximum Gasteiger partial charge on any atom is 0.230 e. The van der Waals surface area contributed by atoms with Crippen molar-refractivity contribution in [3.8, 4) is 10.8 Å². The normalized spacial score (nSPS) is 10.5. The predicted octanol–water partition coefficient (Wildman–Crippen LogP) is 3.58. The molecule has 0 bridgehead atoms. The number of halogens is 1. The molecule has 1 aromatic carbocycles. The van der Waals surface area contributed by atoms with Crippen LogP contribution in [0.3, 0.4) is 0 Å². The first-order chi connectivity index (χ1) is 10.2. The number of anilines is 1. The molecule has 0 unspecified atom stereocenters. The Morgan fingerprint density at radius 1 is 1.19 bits per heavy atom. The summed E-state index contributed by atoms with van der Waals surface area (Å²) in [5, 5.41) is 11.8.